The van der Waals surface area contributed by atoms with Gasteiger partial charge in [-0.2, -0.15) is 8.42 Å². The fourth-order valence-electron chi connectivity index (χ4n) is 1.37. The van der Waals surface area contributed by atoms with Gasteiger partial charge in [-0.05, 0) is 12.5 Å². The van der Waals surface area contributed by atoms with Crippen LogP contribution in [0.1, 0.15) is 19.8 Å². The molecule has 0 aliphatic carbocycles. The molecular weight excluding hydrogens is 278 g/mol. The number of hydrogen-bond acceptors (Lipinski definition) is 5. The van der Waals surface area contributed by atoms with Crippen molar-refractivity contribution in [2.24, 2.45) is 0 Å². The Labute approximate surface area is 112 Å². The van der Waals surface area contributed by atoms with Gasteiger partial charge in [0.2, 0.25) is 5.88 Å². The first-order chi connectivity index (χ1) is 8.40. The molecular formula is C11H16ClNO4S. The molecule has 0 aliphatic rings. The topological polar surface area (TPSA) is 65.5 Å². The molecule has 1 atom stereocenters. The third-order valence-corrected chi connectivity index (χ3v) is 2.89. The predicted molar refractivity (Wildman–Crippen MR) is 69.4 cm³/mol. The first kappa shape index (κ1) is 15.2. The lowest BCUT2D eigenvalue weighted by Gasteiger charge is -2.15. The summed E-state index contributed by atoms with van der Waals surface area (Å²) in [4.78, 5) is 3.96. The molecule has 0 saturated carbocycles. The van der Waals surface area contributed by atoms with E-state index < -0.39 is 16.2 Å². The molecule has 1 aromatic heterocycles. The molecule has 1 heterocycles. The van der Waals surface area contributed by atoms with Crippen molar-refractivity contribution in [3.63, 3.8) is 0 Å². The maximum absolute atomic E-state index is 11.1. The van der Waals surface area contributed by atoms with E-state index in [9.17, 15) is 8.42 Å². The molecule has 1 aromatic rings. The lowest BCUT2D eigenvalue weighted by atomic mass is 10.2. The first-order valence-electron chi connectivity index (χ1n) is 5.53. The van der Waals surface area contributed by atoms with E-state index in [-0.39, 0.29) is 6.61 Å². The minimum Gasteiger partial charge on any atom is -0.475 e. The summed E-state index contributed by atoms with van der Waals surface area (Å²) in [5, 5.41) is 0.510. The average Bonchev–Trinajstić information content (AvgIpc) is 2.24. The predicted octanol–water partition coefficient (Wildman–Crippen LogP) is 2.26. The Balaban J connectivity index is 2.57. The van der Waals surface area contributed by atoms with Crippen LogP contribution in [-0.4, -0.2) is 32.4 Å². The Bertz CT molecular complexity index is 478. The number of halogens is 1. The molecule has 0 fully saturated rings. The van der Waals surface area contributed by atoms with Gasteiger partial charge in [-0.15, -0.1) is 0 Å². The maximum atomic E-state index is 11.1. The Kier molecular flexibility index (Phi) is 5.84. The maximum Gasteiger partial charge on any atom is 0.264 e. The molecule has 1 unspecified atom stereocenters. The van der Waals surface area contributed by atoms with E-state index in [0.29, 0.717) is 17.3 Å². The van der Waals surface area contributed by atoms with Crippen LogP contribution in [0.4, 0.5) is 0 Å². The zero-order valence-corrected chi connectivity index (χ0v) is 11.9. The Morgan fingerprint density at radius 1 is 1.50 bits per heavy atom. The van der Waals surface area contributed by atoms with Crippen LogP contribution in [0.3, 0.4) is 0 Å². The zero-order chi connectivity index (χ0) is 13.6. The molecule has 0 bridgehead atoms. The third kappa shape index (κ3) is 6.18. The van der Waals surface area contributed by atoms with Crippen molar-refractivity contribution in [2.75, 3.05) is 12.9 Å². The highest BCUT2D eigenvalue weighted by atomic mass is 35.5. The number of rotatable bonds is 7. The van der Waals surface area contributed by atoms with Gasteiger partial charge in [0.25, 0.3) is 10.1 Å². The van der Waals surface area contributed by atoms with Gasteiger partial charge in [0.05, 0.1) is 6.26 Å². The SMILES string of the molecule is CCCC(COc1cc(Cl)ccn1)OS(C)(=O)=O. The molecule has 0 aliphatic heterocycles. The van der Waals surface area contributed by atoms with Gasteiger partial charge >= 0.3 is 0 Å². The fourth-order valence-corrected chi connectivity index (χ4v) is 2.17. The summed E-state index contributed by atoms with van der Waals surface area (Å²) in [6, 6.07) is 3.19. The van der Waals surface area contributed by atoms with Gasteiger partial charge < -0.3 is 4.74 Å². The van der Waals surface area contributed by atoms with Crippen LogP contribution < -0.4 is 4.74 Å². The summed E-state index contributed by atoms with van der Waals surface area (Å²) in [7, 11) is -3.48. The highest BCUT2D eigenvalue weighted by Gasteiger charge is 2.15. The molecule has 0 spiro atoms. The summed E-state index contributed by atoms with van der Waals surface area (Å²) in [6.45, 7) is 2.06. The highest BCUT2D eigenvalue weighted by molar-refractivity contribution is 7.86. The summed E-state index contributed by atoms with van der Waals surface area (Å²) in [6.07, 6.45) is 3.42. The van der Waals surface area contributed by atoms with E-state index in [1.807, 2.05) is 6.92 Å². The van der Waals surface area contributed by atoms with Crippen molar-refractivity contribution < 1.29 is 17.3 Å². The lowest BCUT2D eigenvalue weighted by molar-refractivity contribution is 0.124. The van der Waals surface area contributed by atoms with Crippen molar-refractivity contribution in [2.45, 2.75) is 25.9 Å². The van der Waals surface area contributed by atoms with Gasteiger partial charge in [0.15, 0.2) is 0 Å². The number of nitrogens with zero attached hydrogens (tertiary/aromatic N) is 1. The van der Waals surface area contributed by atoms with E-state index in [4.69, 9.17) is 20.5 Å². The minimum absolute atomic E-state index is 0.119. The van der Waals surface area contributed by atoms with Gasteiger partial charge in [-0.25, -0.2) is 4.98 Å². The largest absolute Gasteiger partial charge is 0.475 e. The summed E-state index contributed by atoms with van der Waals surface area (Å²) in [5.41, 5.74) is 0. The van der Waals surface area contributed by atoms with Crippen molar-refractivity contribution in [1.29, 1.82) is 0 Å². The smallest absolute Gasteiger partial charge is 0.264 e. The van der Waals surface area contributed by atoms with Crippen LogP contribution in [0.2, 0.25) is 5.02 Å². The van der Waals surface area contributed by atoms with Crippen LogP contribution in [-0.2, 0) is 14.3 Å². The second kappa shape index (κ2) is 6.92. The van der Waals surface area contributed by atoms with Crippen molar-refractivity contribution in [3.05, 3.63) is 23.4 Å². The van der Waals surface area contributed by atoms with Gasteiger partial charge in [-0.3, -0.25) is 4.18 Å². The Morgan fingerprint density at radius 3 is 2.78 bits per heavy atom. The molecule has 5 nitrogen and oxygen atoms in total. The van der Waals surface area contributed by atoms with Crippen LogP contribution in [0, 0.1) is 0 Å². The van der Waals surface area contributed by atoms with E-state index in [1.54, 1.807) is 12.1 Å². The molecule has 0 radical (unpaired) electrons. The van der Waals surface area contributed by atoms with Crippen LogP contribution in [0.5, 0.6) is 5.88 Å². The fraction of sp³-hybridized carbons (Fsp3) is 0.545. The van der Waals surface area contributed by atoms with Crippen LogP contribution in [0.25, 0.3) is 0 Å². The average molecular weight is 294 g/mol. The van der Waals surface area contributed by atoms with Crippen molar-refractivity contribution >= 4 is 21.7 Å². The van der Waals surface area contributed by atoms with E-state index in [0.717, 1.165) is 12.7 Å². The monoisotopic (exact) mass is 293 g/mol. The van der Waals surface area contributed by atoms with E-state index in [2.05, 4.69) is 4.98 Å². The van der Waals surface area contributed by atoms with Gasteiger partial charge in [0.1, 0.15) is 12.7 Å². The van der Waals surface area contributed by atoms with Crippen molar-refractivity contribution in [3.8, 4) is 5.88 Å². The summed E-state index contributed by atoms with van der Waals surface area (Å²) < 4.78 is 32.4. The Hall–Kier alpha value is -0.850. The van der Waals surface area contributed by atoms with Gasteiger partial charge in [0, 0.05) is 17.3 Å². The molecule has 0 saturated heterocycles. The molecule has 0 amide bonds. The molecule has 1 rings (SSSR count). The number of hydrogen-bond donors (Lipinski definition) is 0. The highest BCUT2D eigenvalue weighted by Crippen LogP contribution is 2.15. The molecule has 0 N–H and O–H groups in total. The minimum atomic E-state index is -3.48. The van der Waals surface area contributed by atoms with Crippen LogP contribution >= 0.6 is 11.6 Å². The zero-order valence-electron chi connectivity index (χ0n) is 10.3. The molecule has 18 heavy (non-hydrogen) atoms. The first-order valence-corrected chi connectivity index (χ1v) is 7.72. The third-order valence-electron chi connectivity index (χ3n) is 2.04. The van der Waals surface area contributed by atoms with Gasteiger partial charge in [-0.1, -0.05) is 24.9 Å². The second-order valence-corrected chi connectivity index (χ2v) is 5.87. The van der Waals surface area contributed by atoms with E-state index in [1.165, 1.54) is 6.20 Å². The quantitative estimate of drug-likeness (QED) is 0.722. The molecule has 102 valence electrons. The second-order valence-electron chi connectivity index (χ2n) is 3.83. The Morgan fingerprint density at radius 2 is 2.22 bits per heavy atom. The number of aromatic nitrogens is 1. The number of pyridine rings is 1. The van der Waals surface area contributed by atoms with Crippen LogP contribution in [0.15, 0.2) is 18.3 Å². The van der Waals surface area contributed by atoms with E-state index >= 15 is 0 Å². The van der Waals surface area contributed by atoms with Crippen molar-refractivity contribution in [1.82, 2.24) is 4.98 Å². The standard InChI is InChI=1S/C11H16ClNO4S/c1-3-4-10(17-18(2,14)15)8-16-11-7-9(12)5-6-13-11/h5-7,10H,3-4,8H2,1-2H3. The summed E-state index contributed by atoms with van der Waals surface area (Å²) in [5.74, 6) is 0.348. The summed E-state index contributed by atoms with van der Waals surface area (Å²) >= 11 is 5.78. The lowest BCUT2D eigenvalue weighted by Crippen LogP contribution is -2.24. The number of ether oxygens (including phenoxy) is 1. The molecule has 7 heteroatoms. The molecule has 0 aromatic carbocycles. The normalized spacial score (nSPS) is 13.3.